The molecule has 0 aliphatic heterocycles. The molecule has 0 spiro atoms. The number of aromatic hydroxyl groups is 1. The van der Waals surface area contributed by atoms with Gasteiger partial charge >= 0.3 is 5.51 Å². The van der Waals surface area contributed by atoms with Gasteiger partial charge in [-0.3, -0.25) is 0 Å². The van der Waals surface area contributed by atoms with Crippen LogP contribution in [-0.4, -0.2) is 22.9 Å². The summed E-state index contributed by atoms with van der Waals surface area (Å²) in [7, 11) is 0. The quantitative estimate of drug-likeness (QED) is 0.811. The van der Waals surface area contributed by atoms with E-state index < -0.39 is 5.51 Å². The molecule has 0 radical (unpaired) electrons. The Labute approximate surface area is 109 Å². The minimum absolute atomic E-state index is 0.000449. The van der Waals surface area contributed by atoms with Gasteiger partial charge in [-0.25, -0.2) is 0 Å². The molecule has 0 atom stereocenters. The third-order valence-electron chi connectivity index (χ3n) is 2.42. The zero-order chi connectivity index (χ0) is 13.8. The highest BCUT2D eigenvalue weighted by molar-refractivity contribution is 8.00. The first-order valence-corrected chi connectivity index (χ1v) is 6.48. The summed E-state index contributed by atoms with van der Waals surface area (Å²) in [6.45, 7) is 4.39. The number of aryl methyl sites for hydroxylation is 2. The molecular formula is C12H16F3NOS. The van der Waals surface area contributed by atoms with Crippen molar-refractivity contribution >= 4 is 11.8 Å². The number of rotatable bonds is 5. The molecule has 0 fully saturated rings. The van der Waals surface area contributed by atoms with Crippen LogP contribution < -0.4 is 5.32 Å². The highest BCUT2D eigenvalue weighted by atomic mass is 32.2. The van der Waals surface area contributed by atoms with E-state index in [1.54, 1.807) is 13.8 Å². The average Bonchev–Trinajstić information content (AvgIpc) is 2.23. The zero-order valence-corrected chi connectivity index (χ0v) is 11.1. The van der Waals surface area contributed by atoms with Crippen molar-refractivity contribution < 1.29 is 18.3 Å². The number of hydrogen-bond donors (Lipinski definition) is 2. The molecule has 18 heavy (non-hydrogen) atoms. The van der Waals surface area contributed by atoms with E-state index in [-0.39, 0.29) is 23.3 Å². The lowest BCUT2D eigenvalue weighted by atomic mass is 10.1. The molecule has 0 amide bonds. The molecule has 0 aliphatic rings. The maximum atomic E-state index is 11.9. The number of benzene rings is 1. The van der Waals surface area contributed by atoms with E-state index in [4.69, 9.17) is 0 Å². The zero-order valence-electron chi connectivity index (χ0n) is 10.3. The Kier molecular flexibility index (Phi) is 5.34. The van der Waals surface area contributed by atoms with E-state index in [9.17, 15) is 18.3 Å². The van der Waals surface area contributed by atoms with E-state index in [1.807, 2.05) is 12.1 Å². The first-order valence-electron chi connectivity index (χ1n) is 5.50. The molecule has 102 valence electrons. The maximum Gasteiger partial charge on any atom is 0.441 e. The molecule has 0 heterocycles. The van der Waals surface area contributed by atoms with Crippen molar-refractivity contribution in [2.45, 2.75) is 25.9 Å². The summed E-state index contributed by atoms with van der Waals surface area (Å²) in [4.78, 5) is 0. The van der Waals surface area contributed by atoms with Crippen LogP contribution in [-0.2, 0) is 6.54 Å². The van der Waals surface area contributed by atoms with E-state index >= 15 is 0 Å². The van der Waals surface area contributed by atoms with Crippen LogP contribution in [0, 0.1) is 13.8 Å². The van der Waals surface area contributed by atoms with Crippen molar-refractivity contribution in [3.8, 4) is 5.75 Å². The van der Waals surface area contributed by atoms with E-state index in [0.29, 0.717) is 13.1 Å². The first-order chi connectivity index (χ1) is 8.29. The fraction of sp³-hybridized carbons (Fsp3) is 0.500. The Morgan fingerprint density at radius 1 is 1.22 bits per heavy atom. The monoisotopic (exact) mass is 279 g/mol. The van der Waals surface area contributed by atoms with Gasteiger partial charge in [0.2, 0.25) is 0 Å². The minimum atomic E-state index is -4.16. The van der Waals surface area contributed by atoms with Crippen LogP contribution in [0.25, 0.3) is 0 Å². The summed E-state index contributed by atoms with van der Waals surface area (Å²) in [5.41, 5.74) is -1.65. The van der Waals surface area contributed by atoms with E-state index in [1.165, 1.54) is 0 Å². The number of alkyl halides is 3. The Hall–Kier alpha value is -0.880. The smallest absolute Gasteiger partial charge is 0.441 e. The van der Waals surface area contributed by atoms with Crippen molar-refractivity contribution in [1.82, 2.24) is 5.32 Å². The van der Waals surface area contributed by atoms with Gasteiger partial charge in [-0.05, 0) is 42.3 Å². The highest BCUT2D eigenvalue weighted by Crippen LogP contribution is 2.29. The molecule has 1 rings (SSSR count). The lowest BCUT2D eigenvalue weighted by Gasteiger charge is -2.09. The van der Waals surface area contributed by atoms with Gasteiger partial charge in [0.25, 0.3) is 0 Å². The molecule has 0 aromatic heterocycles. The van der Waals surface area contributed by atoms with E-state index in [0.717, 1.165) is 16.7 Å². The molecule has 0 saturated heterocycles. The Balaban J connectivity index is 2.36. The normalized spacial score (nSPS) is 11.8. The fourth-order valence-electron chi connectivity index (χ4n) is 1.62. The predicted octanol–water partition coefficient (Wildman–Crippen LogP) is 3.35. The molecular weight excluding hydrogens is 263 g/mol. The summed E-state index contributed by atoms with van der Waals surface area (Å²) in [5, 5.41) is 12.5. The average molecular weight is 279 g/mol. The van der Waals surface area contributed by atoms with Gasteiger partial charge in [-0.15, -0.1) is 0 Å². The van der Waals surface area contributed by atoms with Crippen molar-refractivity contribution in [1.29, 1.82) is 0 Å². The summed E-state index contributed by atoms with van der Waals surface area (Å²) in [5.74, 6) is 0.269. The Morgan fingerprint density at radius 3 is 2.28 bits per heavy atom. The lowest BCUT2D eigenvalue weighted by molar-refractivity contribution is -0.0327. The van der Waals surface area contributed by atoms with Crippen molar-refractivity contribution in [3.63, 3.8) is 0 Å². The number of phenols is 1. The topological polar surface area (TPSA) is 32.3 Å². The molecule has 0 bridgehead atoms. The summed E-state index contributed by atoms with van der Waals surface area (Å²) >= 11 is -0.0250. The van der Waals surface area contributed by atoms with Crippen molar-refractivity contribution in [2.24, 2.45) is 0 Å². The third-order valence-corrected chi connectivity index (χ3v) is 3.16. The fourth-order valence-corrected chi connectivity index (χ4v) is 2.10. The van der Waals surface area contributed by atoms with Crippen LogP contribution in [0.1, 0.15) is 16.7 Å². The molecule has 1 aromatic carbocycles. The highest BCUT2D eigenvalue weighted by Gasteiger charge is 2.27. The largest absolute Gasteiger partial charge is 0.507 e. The van der Waals surface area contributed by atoms with Crippen molar-refractivity contribution in [3.05, 3.63) is 28.8 Å². The van der Waals surface area contributed by atoms with Crippen LogP contribution in [0.5, 0.6) is 5.75 Å². The maximum absolute atomic E-state index is 11.9. The lowest BCUT2D eigenvalue weighted by Crippen LogP contribution is -2.18. The van der Waals surface area contributed by atoms with Gasteiger partial charge in [-0.2, -0.15) is 13.2 Å². The van der Waals surface area contributed by atoms with Gasteiger partial charge in [-0.1, -0.05) is 12.1 Å². The van der Waals surface area contributed by atoms with Gasteiger partial charge < -0.3 is 10.4 Å². The number of thioether (sulfide) groups is 1. The molecule has 1 aromatic rings. The first kappa shape index (κ1) is 15.2. The number of phenolic OH excluding ortho intramolecular Hbond substituents is 1. The molecule has 0 unspecified atom stereocenters. The Morgan fingerprint density at radius 2 is 1.78 bits per heavy atom. The second kappa shape index (κ2) is 6.33. The van der Waals surface area contributed by atoms with Crippen LogP contribution in [0.15, 0.2) is 12.1 Å². The van der Waals surface area contributed by atoms with Crippen LogP contribution >= 0.6 is 11.8 Å². The van der Waals surface area contributed by atoms with Crippen LogP contribution in [0.3, 0.4) is 0 Å². The predicted molar refractivity (Wildman–Crippen MR) is 67.8 cm³/mol. The van der Waals surface area contributed by atoms with Crippen molar-refractivity contribution in [2.75, 3.05) is 12.3 Å². The van der Waals surface area contributed by atoms with E-state index in [2.05, 4.69) is 5.32 Å². The van der Waals surface area contributed by atoms with Gasteiger partial charge in [0.1, 0.15) is 5.75 Å². The molecule has 2 N–H and O–H groups in total. The third kappa shape index (κ3) is 5.18. The summed E-state index contributed by atoms with van der Waals surface area (Å²) < 4.78 is 35.6. The van der Waals surface area contributed by atoms with Gasteiger partial charge in [0.05, 0.1) is 0 Å². The Bertz CT molecular complexity index is 384. The summed E-state index contributed by atoms with van der Waals surface area (Å²) in [6.07, 6.45) is 0. The number of hydrogen-bond acceptors (Lipinski definition) is 3. The van der Waals surface area contributed by atoms with Crippen LogP contribution in [0.4, 0.5) is 13.2 Å². The van der Waals surface area contributed by atoms with Gasteiger partial charge in [0, 0.05) is 18.8 Å². The van der Waals surface area contributed by atoms with Crippen LogP contribution in [0.2, 0.25) is 0 Å². The SMILES string of the molecule is Cc1cc(CNCCSC(F)(F)F)cc(C)c1O. The molecule has 0 aliphatic carbocycles. The number of nitrogens with one attached hydrogen (secondary N) is 1. The second-order valence-corrected chi connectivity index (χ2v) is 5.21. The molecule has 6 heteroatoms. The molecule has 0 saturated carbocycles. The number of halogens is 3. The summed E-state index contributed by atoms with van der Waals surface area (Å²) in [6, 6.07) is 3.65. The molecule has 2 nitrogen and oxygen atoms in total. The van der Waals surface area contributed by atoms with Gasteiger partial charge in [0.15, 0.2) is 0 Å². The standard InChI is InChI=1S/C12H16F3NOS/c1-8-5-10(6-9(2)11(8)17)7-16-3-4-18-12(13,14)15/h5-6,16-17H,3-4,7H2,1-2H3. The second-order valence-electron chi connectivity index (χ2n) is 4.05. The minimum Gasteiger partial charge on any atom is -0.507 e.